The van der Waals surface area contributed by atoms with Crippen molar-refractivity contribution in [2.75, 3.05) is 46.1 Å². The predicted octanol–water partition coefficient (Wildman–Crippen LogP) is 2.24. The molecule has 2 N–H and O–H groups in total. The lowest BCUT2D eigenvalue weighted by atomic mass is 10.1. The third kappa shape index (κ3) is 10.0. The highest BCUT2D eigenvalue weighted by Crippen LogP contribution is 2.11. The van der Waals surface area contributed by atoms with Crippen LogP contribution >= 0.6 is 24.0 Å². The Balaban J connectivity index is 0.00000392. The van der Waals surface area contributed by atoms with Crippen LogP contribution < -0.4 is 10.6 Å². The van der Waals surface area contributed by atoms with Gasteiger partial charge in [-0.15, -0.1) is 34.2 Å². The minimum absolute atomic E-state index is 0. The quantitative estimate of drug-likeness (QED) is 0.184. The Kier molecular flexibility index (Phi) is 14.3. The van der Waals surface area contributed by atoms with Crippen molar-refractivity contribution in [3.63, 3.8) is 0 Å². The van der Waals surface area contributed by atoms with E-state index in [1.807, 2.05) is 0 Å². The van der Waals surface area contributed by atoms with Gasteiger partial charge in [0.05, 0.1) is 6.61 Å². The van der Waals surface area contributed by atoms with Gasteiger partial charge in [-0.1, -0.05) is 20.3 Å². The lowest BCUT2D eigenvalue weighted by Crippen LogP contribution is -2.40. The molecule has 1 aliphatic heterocycles. The van der Waals surface area contributed by atoms with Crippen LogP contribution in [0.1, 0.15) is 45.4 Å². The lowest BCUT2D eigenvalue weighted by molar-refractivity contribution is 0.129. The summed E-state index contributed by atoms with van der Waals surface area (Å²) in [5.74, 6) is 2.41. The van der Waals surface area contributed by atoms with E-state index in [2.05, 4.69) is 39.2 Å². The van der Waals surface area contributed by atoms with Gasteiger partial charge in [-0.3, -0.25) is 4.99 Å². The van der Waals surface area contributed by atoms with Crippen molar-refractivity contribution in [1.29, 1.82) is 0 Å². The first-order chi connectivity index (χ1) is 13.3. The molecule has 9 heteroatoms. The predicted molar refractivity (Wildman–Crippen MR) is 122 cm³/mol. The molecule has 1 unspecified atom stereocenters. The molecular weight excluding hydrogens is 471 g/mol. The zero-order valence-electron chi connectivity index (χ0n) is 17.4. The first-order valence-electron chi connectivity index (χ1n) is 10.4. The second-order valence-corrected chi connectivity index (χ2v) is 6.89. The second-order valence-electron chi connectivity index (χ2n) is 6.89. The molecule has 0 aliphatic carbocycles. The fourth-order valence-corrected chi connectivity index (χ4v) is 2.89. The zero-order valence-corrected chi connectivity index (χ0v) is 19.7. The van der Waals surface area contributed by atoms with Crippen LogP contribution in [0.5, 0.6) is 0 Å². The third-order valence-corrected chi connectivity index (χ3v) is 4.59. The van der Waals surface area contributed by atoms with Crippen molar-refractivity contribution >= 4 is 29.9 Å². The van der Waals surface area contributed by atoms with Gasteiger partial charge in [-0.05, 0) is 19.3 Å². The molecule has 0 radical (unpaired) electrons. The molecule has 1 fully saturated rings. The number of aromatic nitrogens is 3. The molecule has 2 rings (SSSR count). The summed E-state index contributed by atoms with van der Waals surface area (Å²) < 4.78 is 13.1. The van der Waals surface area contributed by atoms with Crippen LogP contribution in [-0.2, 0) is 22.4 Å². The van der Waals surface area contributed by atoms with E-state index in [-0.39, 0.29) is 24.0 Å². The number of hydrogen-bond acceptors (Lipinski definition) is 5. The number of ether oxygens (including phenoxy) is 2. The summed E-state index contributed by atoms with van der Waals surface area (Å²) in [6.07, 6.45) is 7.06. The minimum Gasteiger partial charge on any atom is -0.381 e. The van der Waals surface area contributed by atoms with E-state index in [1.165, 1.54) is 6.42 Å². The van der Waals surface area contributed by atoms with Gasteiger partial charge in [0.2, 0.25) is 0 Å². The molecule has 1 aromatic rings. The SMILES string of the molecule is CCCCOCCCNC(=NCC1CCOC1)NCCn1cnnc1CC.I. The van der Waals surface area contributed by atoms with Crippen molar-refractivity contribution in [2.24, 2.45) is 10.9 Å². The number of aryl methyl sites for hydroxylation is 1. The van der Waals surface area contributed by atoms with Crippen LogP contribution in [0.4, 0.5) is 0 Å². The summed E-state index contributed by atoms with van der Waals surface area (Å²) in [4.78, 5) is 4.75. The molecule has 0 saturated carbocycles. The van der Waals surface area contributed by atoms with E-state index >= 15 is 0 Å². The Morgan fingerprint density at radius 3 is 2.86 bits per heavy atom. The molecule has 28 heavy (non-hydrogen) atoms. The first kappa shape index (κ1) is 25.1. The van der Waals surface area contributed by atoms with Gasteiger partial charge < -0.3 is 24.7 Å². The molecule has 0 aromatic carbocycles. The van der Waals surface area contributed by atoms with Crippen molar-refractivity contribution in [1.82, 2.24) is 25.4 Å². The maximum Gasteiger partial charge on any atom is 0.191 e. The van der Waals surface area contributed by atoms with Crippen LogP contribution in [0, 0.1) is 5.92 Å². The van der Waals surface area contributed by atoms with Gasteiger partial charge in [0.1, 0.15) is 12.2 Å². The number of aliphatic imine (C=N–C) groups is 1. The number of rotatable bonds is 13. The van der Waals surface area contributed by atoms with Crippen molar-refractivity contribution in [3.05, 3.63) is 12.2 Å². The van der Waals surface area contributed by atoms with Crippen LogP contribution in [0.2, 0.25) is 0 Å². The Morgan fingerprint density at radius 2 is 2.11 bits per heavy atom. The van der Waals surface area contributed by atoms with E-state index in [4.69, 9.17) is 14.5 Å². The van der Waals surface area contributed by atoms with Gasteiger partial charge in [0.15, 0.2) is 5.96 Å². The first-order valence-corrected chi connectivity index (χ1v) is 10.4. The van der Waals surface area contributed by atoms with Crippen LogP contribution in [0.25, 0.3) is 0 Å². The van der Waals surface area contributed by atoms with E-state index in [1.54, 1.807) is 6.33 Å². The molecule has 1 aliphatic rings. The Hall–Kier alpha value is -0.940. The number of halogens is 1. The molecule has 162 valence electrons. The Labute approximate surface area is 186 Å². The van der Waals surface area contributed by atoms with Crippen LogP contribution in [0.3, 0.4) is 0 Å². The number of guanidine groups is 1. The number of nitrogens with zero attached hydrogens (tertiary/aromatic N) is 4. The summed E-state index contributed by atoms with van der Waals surface area (Å²) in [6.45, 7) is 10.9. The lowest BCUT2D eigenvalue weighted by Gasteiger charge is -2.14. The largest absolute Gasteiger partial charge is 0.381 e. The van der Waals surface area contributed by atoms with Gasteiger partial charge >= 0.3 is 0 Å². The number of hydrogen-bond donors (Lipinski definition) is 2. The van der Waals surface area contributed by atoms with E-state index in [0.717, 1.165) is 90.1 Å². The Bertz CT molecular complexity index is 534. The summed E-state index contributed by atoms with van der Waals surface area (Å²) in [6, 6.07) is 0. The molecule has 1 atom stereocenters. The topological polar surface area (TPSA) is 85.6 Å². The molecule has 2 heterocycles. The van der Waals surface area contributed by atoms with Crippen molar-refractivity contribution < 1.29 is 9.47 Å². The minimum atomic E-state index is 0. The van der Waals surface area contributed by atoms with Gasteiger partial charge in [0.25, 0.3) is 0 Å². The molecule has 0 spiro atoms. The Morgan fingerprint density at radius 1 is 1.29 bits per heavy atom. The smallest absolute Gasteiger partial charge is 0.191 e. The fraction of sp³-hybridized carbons (Fsp3) is 0.842. The zero-order chi connectivity index (χ0) is 19.2. The monoisotopic (exact) mass is 508 g/mol. The maximum absolute atomic E-state index is 5.62. The van der Waals surface area contributed by atoms with E-state index in [0.29, 0.717) is 5.92 Å². The second kappa shape index (κ2) is 15.9. The van der Waals surface area contributed by atoms with Crippen molar-refractivity contribution in [3.8, 4) is 0 Å². The van der Waals surface area contributed by atoms with Crippen LogP contribution in [0.15, 0.2) is 11.3 Å². The standard InChI is InChI=1S/C19H36N6O2.HI/c1-3-5-11-26-12-6-8-20-19(22-14-17-7-13-27-15-17)21-9-10-25-16-23-24-18(25)4-2;/h16-17H,3-15H2,1-2H3,(H2,20,21,22);1H. The summed E-state index contributed by atoms with van der Waals surface area (Å²) in [7, 11) is 0. The average molecular weight is 508 g/mol. The molecule has 0 bridgehead atoms. The molecule has 8 nitrogen and oxygen atoms in total. The molecule has 0 amide bonds. The van der Waals surface area contributed by atoms with E-state index in [9.17, 15) is 0 Å². The molecule has 1 aromatic heterocycles. The average Bonchev–Trinajstić information content (AvgIpc) is 3.36. The third-order valence-electron chi connectivity index (χ3n) is 4.59. The van der Waals surface area contributed by atoms with Crippen LogP contribution in [-0.4, -0.2) is 66.8 Å². The fourth-order valence-electron chi connectivity index (χ4n) is 2.89. The summed E-state index contributed by atoms with van der Waals surface area (Å²) in [5, 5.41) is 15.0. The van der Waals surface area contributed by atoms with Gasteiger partial charge in [-0.2, -0.15) is 0 Å². The molecular formula is C19H37IN6O2. The van der Waals surface area contributed by atoms with Crippen molar-refractivity contribution in [2.45, 2.75) is 52.5 Å². The maximum atomic E-state index is 5.62. The van der Waals surface area contributed by atoms with Gasteiger partial charge in [-0.25, -0.2) is 0 Å². The highest BCUT2D eigenvalue weighted by Gasteiger charge is 2.15. The summed E-state index contributed by atoms with van der Waals surface area (Å²) in [5.41, 5.74) is 0. The highest BCUT2D eigenvalue weighted by molar-refractivity contribution is 14.0. The highest BCUT2D eigenvalue weighted by atomic mass is 127. The number of nitrogens with one attached hydrogen (secondary N) is 2. The van der Waals surface area contributed by atoms with Gasteiger partial charge in [0, 0.05) is 58.3 Å². The number of unbranched alkanes of at least 4 members (excludes halogenated alkanes) is 1. The molecule has 1 saturated heterocycles. The normalized spacial score (nSPS) is 16.8. The summed E-state index contributed by atoms with van der Waals surface area (Å²) >= 11 is 0. The van der Waals surface area contributed by atoms with E-state index < -0.39 is 0 Å².